The Hall–Kier alpha value is -1.63. The number of carbonyl (C=O) groups excluding carboxylic acids is 3. The Morgan fingerprint density at radius 3 is 2.32 bits per heavy atom. The van der Waals surface area contributed by atoms with E-state index in [0.717, 1.165) is 32.1 Å². The maximum atomic E-state index is 12.5. The smallest absolute Gasteiger partial charge is 0.312 e. The maximum Gasteiger partial charge on any atom is 0.312 e. The van der Waals surface area contributed by atoms with Gasteiger partial charge in [0.15, 0.2) is 6.61 Å². The minimum atomic E-state index is -0.735. The predicted molar refractivity (Wildman–Crippen MR) is 75.0 cm³/mol. The summed E-state index contributed by atoms with van der Waals surface area (Å²) in [7, 11) is 0. The number of carbonyl (C=O) groups is 3. The van der Waals surface area contributed by atoms with Gasteiger partial charge in [0.25, 0.3) is 5.91 Å². The van der Waals surface area contributed by atoms with Crippen molar-refractivity contribution in [1.29, 1.82) is 0 Å². The van der Waals surface area contributed by atoms with Crippen LogP contribution >= 0.6 is 0 Å². The molecule has 0 heterocycles. The molecule has 2 amide bonds. The number of esters is 1. The van der Waals surface area contributed by atoms with Crippen LogP contribution in [0.25, 0.3) is 0 Å². The molecule has 7 heteroatoms. The molecule has 4 atom stereocenters. The Balaban J connectivity index is 1.58. The van der Waals surface area contributed by atoms with Crippen molar-refractivity contribution in [3.8, 4) is 0 Å². The predicted octanol–water partition coefficient (Wildman–Crippen LogP) is 0.0282. The number of nitrogens with one attached hydrogen (secondary N) is 2. The van der Waals surface area contributed by atoms with E-state index in [9.17, 15) is 19.5 Å². The van der Waals surface area contributed by atoms with Crippen molar-refractivity contribution in [3.63, 3.8) is 0 Å². The summed E-state index contributed by atoms with van der Waals surface area (Å²) < 4.78 is 5.15. The first-order valence-electron chi connectivity index (χ1n) is 7.75. The van der Waals surface area contributed by atoms with E-state index < -0.39 is 35.4 Å². The Morgan fingerprint density at radius 2 is 1.77 bits per heavy atom. The third-order valence-corrected chi connectivity index (χ3v) is 5.18. The second-order valence-corrected chi connectivity index (χ2v) is 7.27. The van der Waals surface area contributed by atoms with Crippen LogP contribution in [0, 0.1) is 17.3 Å². The highest BCUT2D eigenvalue weighted by Gasteiger charge is 2.60. The molecule has 0 aromatic carbocycles. The Kier molecular flexibility index (Phi) is 3.63. The average Bonchev–Trinajstić information content (AvgIpc) is 2.39. The summed E-state index contributed by atoms with van der Waals surface area (Å²) in [5.41, 5.74) is 2.93. The highest BCUT2D eigenvalue weighted by molar-refractivity contribution is 5.84. The molecule has 0 saturated heterocycles. The first kappa shape index (κ1) is 15.3. The molecule has 7 nitrogen and oxygen atoms in total. The van der Waals surface area contributed by atoms with Crippen molar-refractivity contribution in [3.05, 3.63) is 0 Å². The van der Waals surface area contributed by atoms with E-state index in [-0.39, 0.29) is 0 Å². The summed E-state index contributed by atoms with van der Waals surface area (Å²) in [6, 6.07) is 0. The van der Waals surface area contributed by atoms with Gasteiger partial charge in [-0.1, -0.05) is 0 Å². The minimum absolute atomic E-state index is 0.381. The average molecular weight is 310 g/mol. The van der Waals surface area contributed by atoms with E-state index in [1.807, 2.05) is 0 Å². The van der Waals surface area contributed by atoms with Crippen LogP contribution < -0.4 is 10.9 Å². The highest BCUT2D eigenvalue weighted by Crippen LogP contribution is 2.61. The summed E-state index contributed by atoms with van der Waals surface area (Å²) in [5, 5.41) is 10.6. The molecule has 3 N–H and O–H groups in total. The summed E-state index contributed by atoms with van der Waals surface area (Å²) in [4.78, 5) is 34.7. The van der Waals surface area contributed by atoms with Crippen molar-refractivity contribution in [1.82, 2.24) is 10.9 Å². The molecular formula is C15H22N2O5. The lowest BCUT2D eigenvalue weighted by Gasteiger charge is -2.58. The van der Waals surface area contributed by atoms with Crippen LogP contribution in [-0.4, -0.2) is 35.1 Å². The molecule has 0 radical (unpaired) electrons. The van der Waals surface area contributed by atoms with Gasteiger partial charge in [-0.2, -0.15) is 0 Å². The second-order valence-electron chi connectivity index (χ2n) is 7.27. The fourth-order valence-corrected chi connectivity index (χ4v) is 4.93. The molecule has 0 spiro atoms. The molecular weight excluding hydrogens is 288 g/mol. The Morgan fingerprint density at radius 1 is 1.14 bits per heavy atom. The van der Waals surface area contributed by atoms with E-state index in [0.29, 0.717) is 18.3 Å². The van der Waals surface area contributed by atoms with Crippen LogP contribution in [0.15, 0.2) is 0 Å². The lowest BCUT2D eigenvalue weighted by molar-refractivity contribution is -0.196. The molecule has 4 aliphatic rings. The number of hydrazine groups is 1. The number of hydrogen-bond donors (Lipinski definition) is 3. The normalized spacial score (nSPS) is 38.5. The van der Waals surface area contributed by atoms with E-state index >= 15 is 0 Å². The van der Waals surface area contributed by atoms with Crippen LogP contribution in [0.4, 0.5) is 0 Å². The minimum Gasteiger partial charge on any atom is -0.455 e. The van der Waals surface area contributed by atoms with Crippen LogP contribution in [-0.2, 0) is 19.1 Å². The lowest BCUT2D eigenvalue weighted by atomic mass is 9.48. The van der Waals surface area contributed by atoms with Gasteiger partial charge in [0.05, 0.1) is 11.0 Å². The highest BCUT2D eigenvalue weighted by atomic mass is 16.5. The first-order chi connectivity index (χ1) is 10.3. The lowest BCUT2D eigenvalue weighted by Crippen LogP contribution is -2.58. The number of rotatable bonds is 3. The standard InChI is InChI=1S/C15H22N2O5/c1-9(18)16-17-12(19)7-22-13(20)14-3-10-2-11(4-14)6-15(21,5-10)8-14/h10-11,21H,2-8H2,1H3,(H,16,18)(H,17,19)/t10-,11+,14?,15?. The molecule has 4 rings (SSSR count). The van der Waals surface area contributed by atoms with Gasteiger partial charge >= 0.3 is 5.97 Å². The molecule has 4 bridgehead atoms. The van der Waals surface area contributed by atoms with Gasteiger partial charge in [-0.15, -0.1) is 0 Å². The third kappa shape index (κ3) is 2.82. The zero-order valence-corrected chi connectivity index (χ0v) is 12.7. The summed E-state index contributed by atoms with van der Waals surface area (Å²) in [5.74, 6) is -0.605. The molecule has 0 aromatic rings. The van der Waals surface area contributed by atoms with Gasteiger partial charge in [0.1, 0.15) is 0 Å². The Bertz CT molecular complexity index is 504. The zero-order chi connectivity index (χ0) is 16.0. The summed E-state index contributed by atoms with van der Waals surface area (Å²) in [6.07, 6.45) is 4.58. The van der Waals surface area contributed by atoms with E-state index in [4.69, 9.17) is 4.74 Å². The van der Waals surface area contributed by atoms with Crippen molar-refractivity contribution < 1.29 is 24.2 Å². The van der Waals surface area contributed by atoms with Crippen molar-refractivity contribution in [2.45, 2.75) is 51.0 Å². The third-order valence-electron chi connectivity index (χ3n) is 5.18. The number of amides is 2. The molecule has 4 saturated carbocycles. The molecule has 2 unspecified atom stereocenters. The number of aliphatic hydroxyl groups is 1. The molecule has 0 aromatic heterocycles. The molecule has 0 aliphatic heterocycles. The van der Waals surface area contributed by atoms with Crippen LogP contribution in [0.5, 0.6) is 0 Å². The van der Waals surface area contributed by atoms with Crippen molar-refractivity contribution >= 4 is 17.8 Å². The van der Waals surface area contributed by atoms with Gasteiger partial charge < -0.3 is 9.84 Å². The van der Waals surface area contributed by atoms with Crippen molar-refractivity contribution in [2.75, 3.05) is 6.61 Å². The van der Waals surface area contributed by atoms with Crippen LogP contribution in [0.1, 0.15) is 45.4 Å². The van der Waals surface area contributed by atoms with Gasteiger partial charge in [-0.3, -0.25) is 25.2 Å². The number of hydrogen-bond acceptors (Lipinski definition) is 5. The monoisotopic (exact) mass is 310 g/mol. The molecule has 4 fully saturated rings. The SMILES string of the molecule is CC(=O)NNC(=O)COC(=O)C12C[C@@H]3C[C@@H](CC(O)(C3)C1)C2. The quantitative estimate of drug-likeness (QED) is 0.504. The van der Waals surface area contributed by atoms with E-state index in [1.54, 1.807) is 0 Å². The molecule has 122 valence electrons. The van der Waals surface area contributed by atoms with Gasteiger partial charge in [0, 0.05) is 6.92 Å². The topological polar surface area (TPSA) is 105 Å². The van der Waals surface area contributed by atoms with E-state index in [1.165, 1.54) is 6.92 Å². The Labute approximate surface area is 128 Å². The maximum absolute atomic E-state index is 12.5. The second kappa shape index (κ2) is 5.22. The zero-order valence-electron chi connectivity index (χ0n) is 12.7. The largest absolute Gasteiger partial charge is 0.455 e. The van der Waals surface area contributed by atoms with Crippen LogP contribution in [0.2, 0.25) is 0 Å². The molecule has 22 heavy (non-hydrogen) atoms. The van der Waals surface area contributed by atoms with Gasteiger partial charge in [-0.25, -0.2) is 0 Å². The summed E-state index contributed by atoms with van der Waals surface area (Å²) in [6.45, 7) is 0.844. The van der Waals surface area contributed by atoms with Crippen molar-refractivity contribution in [2.24, 2.45) is 17.3 Å². The van der Waals surface area contributed by atoms with Crippen LogP contribution in [0.3, 0.4) is 0 Å². The van der Waals surface area contributed by atoms with Gasteiger partial charge in [-0.05, 0) is 50.4 Å². The first-order valence-corrected chi connectivity index (χ1v) is 7.75. The summed E-state index contributed by atoms with van der Waals surface area (Å²) >= 11 is 0. The molecule has 4 aliphatic carbocycles. The van der Waals surface area contributed by atoms with Gasteiger partial charge in [0.2, 0.25) is 5.91 Å². The number of ether oxygens (including phenoxy) is 1. The fraction of sp³-hybridized carbons (Fsp3) is 0.800. The van der Waals surface area contributed by atoms with E-state index in [2.05, 4.69) is 10.9 Å². The fourth-order valence-electron chi connectivity index (χ4n) is 4.93.